The molecule has 9 heteroatoms. The van der Waals surface area contributed by atoms with E-state index in [0.29, 0.717) is 19.7 Å². The maximum absolute atomic E-state index is 5.14. The summed E-state index contributed by atoms with van der Waals surface area (Å²) in [5.74, 6) is 2.50. The first-order valence-corrected chi connectivity index (χ1v) is 9.95. The average Bonchev–Trinajstić information content (AvgIpc) is 3.39. The van der Waals surface area contributed by atoms with Gasteiger partial charge in [0, 0.05) is 37.1 Å². The topological polar surface area (TPSA) is 76.4 Å². The van der Waals surface area contributed by atoms with Gasteiger partial charge in [-0.2, -0.15) is 0 Å². The first kappa shape index (κ1) is 23.1. The summed E-state index contributed by atoms with van der Waals surface area (Å²) in [6.45, 7) is 4.58. The Morgan fingerprint density at radius 3 is 2.71 bits per heavy atom. The predicted octanol–water partition coefficient (Wildman–Crippen LogP) is 2.92. The Kier molecular flexibility index (Phi) is 8.69. The molecule has 1 aliphatic carbocycles. The molecule has 0 bridgehead atoms. The summed E-state index contributed by atoms with van der Waals surface area (Å²) in [5, 5.41) is 15.1. The number of rotatable bonds is 8. The largest absolute Gasteiger partial charge is 0.383 e. The first-order valence-electron chi connectivity index (χ1n) is 9.16. The van der Waals surface area contributed by atoms with Gasteiger partial charge < -0.3 is 19.9 Å². The number of hydrogen-bond acceptors (Lipinski definition) is 4. The molecule has 0 radical (unpaired) electrons. The van der Waals surface area contributed by atoms with Crippen molar-refractivity contribution in [1.29, 1.82) is 0 Å². The minimum atomic E-state index is 0. The minimum Gasteiger partial charge on any atom is -0.383 e. The van der Waals surface area contributed by atoms with Crippen molar-refractivity contribution in [2.75, 3.05) is 26.8 Å². The van der Waals surface area contributed by atoms with Crippen molar-refractivity contribution in [3.8, 4) is 0 Å². The molecule has 0 amide bonds. The van der Waals surface area contributed by atoms with Gasteiger partial charge in [0.2, 0.25) is 0 Å². The van der Waals surface area contributed by atoms with E-state index in [-0.39, 0.29) is 29.4 Å². The number of aromatic nitrogens is 3. The summed E-state index contributed by atoms with van der Waals surface area (Å²) in [6, 6.07) is 8.58. The van der Waals surface area contributed by atoms with Crippen molar-refractivity contribution in [3.05, 3.63) is 46.0 Å². The molecule has 1 aliphatic rings. The van der Waals surface area contributed by atoms with Crippen molar-refractivity contribution >= 4 is 45.9 Å². The fraction of sp³-hybridized carbons (Fsp3) is 0.526. The van der Waals surface area contributed by atoms with Gasteiger partial charge in [0.05, 0.1) is 6.61 Å². The molecule has 1 fully saturated rings. The minimum absolute atomic E-state index is 0. The lowest BCUT2D eigenvalue weighted by atomic mass is 9.96. The monoisotopic (exact) mass is 562 g/mol. The highest BCUT2D eigenvalue weighted by Crippen LogP contribution is 2.48. The Labute approximate surface area is 191 Å². The highest BCUT2D eigenvalue weighted by Gasteiger charge is 2.44. The van der Waals surface area contributed by atoms with Crippen LogP contribution in [0.5, 0.6) is 0 Å². The Hall–Kier alpha value is -1.20. The normalized spacial score (nSPS) is 15.1. The van der Waals surface area contributed by atoms with Crippen molar-refractivity contribution in [3.63, 3.8) is 0 Å². The van der Waals surface area contributed by atoms with Gasteiger partial charge >= 0.3 is 0 Å². The van der Waals surface area contributed by atoms with E-state index in [0.717, 1.165) is 28.6 Å². The molecule has 0 saturated heterocycles. The summed E-state index contributed by atoms with van der Waals surface area (Å²) < 4.78 is 8.22. The molecule has 2 N–H and O–H groups in total. The quantitative estimate of drug-likeness (QED) is 0.224. The van der Waals surface area contributed by atoms with Gasteiger partial charge in [0.15, 0.2) is 11.8 Å². The molecule has 0 spiro atoms. The Bertz CT molecular complexity index is 805. The second-order valence-electron chi connectivity index (χ2n) is 6.95. The molecule has 1 saturated carbocycles. The van der Waals surface area contributed by atoms with Gasteiger partial charge in [-0.25, -0.2) is 4.99 Å². The van der Waals surface area contributed by atoms with Crippen LogP contribution in [-0.2, 0) is 23.7 Å². The van der Waals surface area contributed by atoms with Crippen LogP contribution in [0.15, 0.2) is 33.7 Å². The summed E-state index contributed by atoms with van der Waals surface area (Å²) in [6.07, 6.45) is 2.37. The van der Waals surface area contributed by atoms with Crippen LogP contribution < -0.4 is 10.6 Å². The molecule has 0 unspecified atom stereocenters. The number of guanidine groups is 1. The Balaban J connectivity index is 0.00000280. The van der Waals surface area contributed by atoms with Crippen LogP contribution in [0.4, 0.5) is 0 Å². The predicted molar refractivity (Wildman–Crippen MR) is 125 cm³/mol. The van der Waals surface area contributed by atoms with Gasteiger partial charge in [0.25, 0.3) is 0 Å². The lowest BCUT2D eigenvalue weighted by molar-refractivity contribution is 0.203. The maximum Gasteiger partial charge on any atom is 0.191 e. The Morgan fingerprint density at radius 2 is 2.11 bits per heavy atom. The second kappa shape index (κ2) is 10.5. The van der Waals surface area contributed by atoms with E-state index in [9.17, 15) is 0 Å². The molecule has 2 aromatic rings. The number of nitrogens with zero attached hydrogens (tertiary/aromatic N) is 4. The third-order valence-electron chi connectivity index (χ3n) is 5.04. The highest BCUT2D eigenvalue weighted by atomic mass is 127. The average molecular weight is 563 g/mol. The van der Waals surface area contributed by atoms with E-state index in [1.807, 2.05) is 18.5 Å². The number of benzene rings is 1. The van der Waals surface area contributed by atoms with Gasteiger partial charge in [-0.15, -0.1) is 34.2 Å². The van der Waals surface area contributed by atoms with Crippen molar-refractivity contribution < 1.29 is 4.74 Å². The molecule has 3 rings (SSSR count). The number of aryl methyl sites for hydroxylation is 1. The van der Waals surface area contributed by atoms with E-state index in [2.05, 4.69) is 66.0 Å². The molecule has 0 atom stereocenters. The SMILES string of the molecule is COCCNC(=NCc1nnc(C)n1C)NCC1(c2cccc(Br)c2)CC1.I. The number of nitrogens with one attached hydrogen (secondary N) is 2. The zero-order valence-corrected chi connectivity index (χ0v) is 20.5. The van der Waals surface area contributed by atoms with Crippen LogP contribution in [0.1, 0.15) is 30.1 Å². The van der Waals surface area contributed by atoms with Crippen molar-refractivity contribution in [2.45, 2.75) is 31.7 Å². The number of ether oxygens (including phenoxy) is 1. The zero-order chi connectivity index (χ0) is 19.3. The van der Waals surface area contributed by atoms with Crippen LogP contribution in [0.2, 0.25) is 0 Å². The number of methoxy groups -OCH3 is 1. The van der Waals surface area contributed by atoms with E-state index in [4.69, 9.17) is 4.74 Å². The molecular weight excluding hydrogens is 535 g/mol. The standard InChI is InChI=1S/C19H27BrN6O.HI/c1-14-24-25-17(26(14)2)12-22-18(21-9-10-27-3)23-13-19(7-8-19)15-5-4-6-16(20)11-15;/h4-6,11H,7-10,12-13H2,1-3H3,(H2,21,22,23);1H. The van der Waals surface area contributed by atoms with Gasteiger partial charge in [-0.05, 0) is 37.5 Å². The summed E-state index contributed by atoms with van der Waals surface area (Å²) in [4.78, 5) is 4.69. The van der Waals surface area contributed by atoms with Crippen molar-refractivity contribution in [1.82, 2.24) is 25.4 Å². The van der Waals surface area contributed by atoms with Crippen LogP contribution in [-0.4, -0.2) is 47.5 Å². The van der Waals surface area contributed by atoms with E-state index >= 15 is 0 Å². The maximum atomic E-state index is 5.14. The van der Waals surface area contributed by atoms with Crippen LogP contribution >= 0.6 is 39.9 Å². The van der Waals surface area contributed by atoms with E-state index in [1.54, 1.807) is 7.11 Å². The lowest BCUT2D eigenvalue weighted by Crippen LogP contribution is -2.42. The molecule has 1 heterocycles. The van der Waals surface area contributed by atoms with Gasteiger partial charge in [-0.3, -0.25) is 0 Å². The fourth-order valence-electron chi connectivity index (χ4n) is 2.97. The highest BCUT2D eigenvalue weighted by molar-refractivity contribution is 14.0. The lowest BCUT2D eigenvalue weighted by Gasteiger charge is -2.19. The smallest absolute Gasteiger partial charge is 0.191 e. The second-order valence-corrected chi connectivity index (χ2v) is 7.87. The Morgan fingerprint density at radius 1 is 1.32 bits per heavy atom. The molecule has 0 aliphatic heterocycles. The van der Waals surface area contributed by atoms with Gasteiger partial charge in [-0.1, -0.05) is 28.1 Å². The third kappa shape index (κ3) is 5.90. The molecule has 1 aromatic carbocycles. The fourth-order valence-corrected chi connectivity index (χ4v) is 3.37. The number of halogens is 2. The summed E-state index contributed by atoms with van der Waals surface area (Å²) in [5.41, 5.74) is 1.55. The van der Waals surface area contributed by atoms with E-state index in [1.165, 1.54) is 18.4 Å². The number of aliphatic imine (C=N–C) groups is 1. The van der Waals surface area contributed by atoms with Crippen LogP contribution in [0.25, 0.3) is 0 Å². The molecule has 1 aromatic heterocycles. The molecular formula is C19H28BrIN6O. The first-order chi connectivity index (χ1) is 13.0. The number of hydrogen-bond donors (Lipinski definition) is 2. The molecule has 7 nitrogen and oxygen atoms in total. The molecule has 28 heavy (non-hydrogen) atoms. The van der Waals surface area contributed by atoms with Crippen molar-refractivity contribution in [2.24, 2.45) is 12.0 Å². The van der Waals surface area contributed by atoms with E-state index < -0.39 is 0 Å². The summed E-state index contributed by atoms with van der Waals surface area (Å²) in [7, 11) is 3.65. The zero-order valence-electron chi connectivity index (χ0n) is 16.5. The molecule has 154 valence electrons. The van der Waals surface area contributed by atoms with Crippen LogP contribution in [0.3, 0.4) is 0 Å². The summed E-state index contributed by atoms with van der Waals surface area (Å²) >= 11 is 3.58. The third-order valence-corrected chi connectivity index (χ3v) is 5.54. The van der Waals surface area contributed by atoms with Gasteiger partial charge in [0.1, 0.15) is 12.4 Å². The van der Waals surface area contributed by atoms with Crippen LogP contribution in [0, 0.1) is 6.92 Å².